The van der Waals surface area contributed by atoms with Crippen molar-refractivity contribution < 1.29 is 13.9 Å². The molecule has 0 aliphatic rings. The van der Waals surface area contributed by atoms with Crippen molar-refractivity contribution >= 4 is 22.4 Å². The lowest BCUT2D eigenvalue weighted by Crippen LogP contribution is -2.31. The first-order chi connectivity index (χ1) is 17.3. The van der Waals surface area contributed by atoms with E-state index in [1.165, 1.54) is 16.7 Å². The number of furan rings is 1. The molecule has 0 aliphatic carbocycles. The molecule has 0 bridgehead atoms. The molecule has 1 aromatic heterocycles. The summed E-state index contributed by atoms with van der Waals surface area (Å²) in [6.07, 6.45) is 5.29. The van der Waals surface area contributed by atoms with Crippen LogP contribution >= 0.6 is 0 Å². The van der Waals surface area contributed by atoms with Crippen molar-refractivity contribution in [3.8, 4) is 16.9 Å². The lowest BCUT2D eigenvalue weighted by molar-refractivity contribution is -0.117. The smallest absolute Gasteiger partial charge is 0.244 e. The van der Waals surface area contributed by atoms with Crippen LogP contribution in [0, 0.1) is 20.8 Å². The Bertz CT molecular complexity index is 1410. The highest BCUT2D eigenvalue weighted by Crippen LogP contribution is 2.41. The van der Waals surface area contributed by atoms with Gasteiger partial charge in [-0.3, -0.25) is 4.79 Å². The second-order valence-corrected chi connectivity index (χ2v) is 9.69. The molecule has 4 heteroatoms. The summed E-state index contributed by atoms with van der Waals surface area (Å²) in [5.41, 5.74) is 9.35. The summed E-state index contributed by atoms with van der Waals surface area (Å²) in [7, 11) is 1.66. The molecule has 4 nitrogen and oxygen atoms in total. The van der Waals surface area contributed by atoms with E-state index in [4.69, 9.17) is 9.15 Å². The number of nitrogens with one attached hydrogen (secondary N) is 1. The minimum atomic E-state index is -0.102. The first kappa shape index (κ1) is 25.3. The van der Waals surface area contributed by atoms with Gasteiger partial charge in [-0.2, -0.15) is 0 Å². The summed E-state index contributed by atoms with van der Waals surface area (Å²) in [4.78, 5) is 12.9. The number of rotatable bonds is 8. The third-order valence-electron chi connectivity index (χ3n) is 6.79. The molecule has 3 aromatic carbocycles. The minimum Gasteiger partial charge on any atom is -0.496 e. The number of hydrogen-bond acceptors (Lipinski definition) is 3. The molecule has 1 amide bonds. The van der Waals surface area contributed by atoms with Crippen molar-refractivity contribution in [1.29, 1.82) is 0 Å². The van der Waals surface area contributed by atoms with Crippen LogP contribution < -0.4 is 10.1 Å². The number of methoxy groups -OCH3 is 1. The SMILES string of the molecule is COc1c(/C(C)=C/C(=O)NC(C)CCc2ccccc2)cc2c(-c3ccc(C)cc3C)coc2c1C. The third-order valence-corrected chi connectivity index (χ3v) is 6.79. The van der Waals surface area contributed by atoms with Gasteiger partial charge >= 0.3 is 0 Å². The standard InChI is InChI=1S/C32H35NO3/c1-20-12-15-26(21(2)16-20)29-19-36-32-24(5)31(35-6)27(18-28(29)32)22(3)17-30(34)33-23(4)13-14-25-10-8-7-9-11-25/h7-12,15-19,23H,13-14H2,1-6H3,(H,33,34)/b22-17+. The van der Waals surface area contributed by atoms with E-state index in [1.54, 1.807) is 13.2 Å². The van der Waals surface area contributed by atoms with E-state index in [2.05, 4.69) is 55.6 Å². The molecule has 0 fully saturated rings. The lowest BCUT2D eigenvalue weighted by atomic mass is 9.94. The maximum absolute atomic E-state index is 12.9. The van der Waals surface area contributed by atoms with Crippen molar-refractivity contribution in [1.82, 2.24) is 5.32 Å². The Morgan fingerprint density at radius 2 is 1.81 bits per heavy atom. The van der Waals surface area contributed by atoms with E-state index in [-0.39, 0.29) is 11.9 Å². The van der Waals surface area contributed by atoms with Gasteiger partial charge in [0.05, 0.1) is 13.4 Å². The maximum Gasteiger partial charge on any atom is 0.244 e. The van der Waals surface area contributed by atoms with E-state index in [0.29, 0.717) is 0 Å². The summed E-state index contributed by atoms with van der Waals surface area (Å²) in [6, 6.07) is 18.9. The van der Waals surface area contributed by atoms with Gasteiger partial charge in [-0.25, -0.2) is 0 Å². The second kappa shape index (κ2) is 10.9. The van der Waals surface area contributed by atoms with E-state index < -0.39 is 0 Å². The van der Waals surface area contributed by atoms with Crippen LogP contribution in [0.15, 0.2) is 71.4 Å². The first-order valence-corrected chi connectivity index (χ1v) is 12.5. The summed E-state index contributed by atoms with van der Waals surface area (Å²) < 4.78 is 11.8. The minimum absolute atomic E-state index is 0.0675. The van der Waals surface area contributed by atoms with Crippen molar-refractivity contribution in [2.24, 2.45) is 0 Å². The fourth-order valence-corrected chi connectivity index (χ4v) is 4.86. The monoisotopic (exact) mass is 481 g/mol. The quantitative estimate of drug-likeness (QED) is 0.264. The van der Waals surface area contributed by atoms with E-state index in [9.17, 15) is 4.79 Å². The van der Waals surface area contributed by atoms with Crippen molar-refractivity contribution in [3.05, 3.63) is 94.8 Å². The first-order valence-electron chi connectivity index (χ1n) is 12.5. The summed E-state index contributed by atoms with van der Waals surface area (Å²) >= 11 is 0. The molecule has 1 unspecified atom stereocenters. The predicted octanol–water partition coefficient (Wildman–Crippen LogP) is 7.57. The number of aryl methyl sites for hydroxylation is 4. The van der Waals surface area contributed by atoms with Crippen molar-refractivity contribution in [2.75, 3.05) is 7.11 Å². The van der Waals surface area contributed by atoms with E-state index in [0.717, 1.165) is 57.4 Å². The average molecular weight is 482 g/mol. The van der Waals surface area contributed by atoms with Gasteiger partial charge < -0.3 is 14.5 Å². The van der Waals surface area contributed by atoms with Crippen LogP contribution in [0.2, 0.25) is 0 Å². The number of carbonyl (C=O) groups is 1. The van der Waals surface area contributed by atoms with E-state index in [1.807, 2.05) is 45.2 Å². The molecule has 0 spiro atoms. The van der Waals surface area contributed by atoms with Crippen LogP contribution in [0.1, 0.15) is 48.1 Å². The Morgan fingerprint density at radius 3 is 2.50 bits per heavy atom. The van der Waals surface area contributed by atoms with Gasteiger partial charge in [0.25, 0.3) is 0 Å². The highest BCUT2D eigenvalue weighted by molar-refractivity contribution is 6.02. The van der Waals surface area contributed by atoms with Crippen LogP contribution in [0.3, 0.4) is 0 Å². The third kappa shape index (κ3) is 5.38. The van der Waals surface area contributed by atoms with Crippen LogP contribution in [0.25, 0.3) is 27.7 Å². The molecule has 4 rings (SSSR count). The van der Waals surface area contributed by atoms with Gasteiger partial charge in [-0.15, -0.1) is 0 Å². The Hall–Kier alpha value is -3.79. The molecule has 4 aromatic rings. The largest absolute Gasteiger partial charge is 0.496 e. The second-order valence-electron chi connectivity index (χ2n) is 9.69. The number of benzene rings is 3. The molecular formula is C32H35NO3. The molecule has 186 valence electrons. The van der Waals surface area contributed by atoms with Crippen molar-refractivity contribution in [3.63, 3.8) is 0 Å². The number of fused-ring (bicyclic) bond motifs is 1. The number of hydrogen-bond donors (Lipinski definition) is 1. The summed E-state index contributed by atoms with van der Waals surface area (Å²) in [5, 5.41) is 4.12. The zero-order chi connectivity index (χ0) is 25.8. The molecule has 1 N–H and O–H groups in total. The fraction of sp³-hybridized carbons (Fsp3) is 0.281. The van der Waals surface area contributed by atoms with Crippen LogP contribution in [0.5, 0.6) is 5.75 Å². The number of amides is 1. The normalized spacial score (nSPS) is 12.6. The molecule has 0 aliphatic heterocycles. The molecular weight excluding hydrogens is 446 g/mol. The maximum atomic E-state index is 12.9. The fourth-order valence-electron chi connectivity index (χ4n) is 4.86. The van der Waals surface area contributed by atoms with Gasteiger partial charge in [-0.1, -0.05) is 54.1 Å². The molecule has 1 heterocycles. The topological polar surface area (TPSA) is 51.5 Å². The highest BCUT2D eigenvalue weighted by atomic mass is 16.5. The predicted molar refractivity (Wildman–Crippen MR) is 148 cm³/mol. The van der Waals surface area contributed by atoms with Crippen LogP contribution in [0.4, 0.5) is 0 Å². The zero-order valence-corrected chi connectivity index (χ0v) is 22.1. The summed E-state index contributed by atoms with van der Waals surface area (Å²) in [6.45, 7) is 10.2. The Balaban J connectivity index is 1.61. The number of allylic oxidation sites excluding steroid dienone is 1. The highest BCUT2D eigenvalue weighted by Gasteiger charge is 2.19. The molecule has 0 saturated carbocycles. The van der Waals surface area contributed by atoms with Crippen molar-refractivity contribution in [2.45, 2.75) is 53.5 Å². The molecule has 1 atom stereocenters. The molecule has 36 heavy (non-hydrogen) atoms. The Morgan fingerprint density at radius 1 is 1.06 bits per heavy atom. The van der Waals surface area contributed by atoms with Gasteiger partial charge in [0.15, 0.2) is 0 Å². The van der Waals surface area contributed by atoms with Gasteiger partial charge in [0.1, 0.15) is 11.3 Å². The molecule has 0 saturated heterocycles. The van der Waals surface area contributed by atoms with Gasteiger partial charge in [0.2, 0.25) is 5.91 Å². The Kier molecular flexibility index (Phi) is 7.64. The lowest BCUT2D eigenvalue weighted by Gasteiger charge is -2.15. The van der Waals surface area contributed by atoms with Crippen LogP contribution in [-0.4, -0.2) is 19.1 Å². The van der Waals surface area contributed by atoms with Gasteiger partial charge in [-0.05, 0) is 75.8 Å². The number of ether oxygens (including phenoxy) is 1. The summed E-state index contributed by atoms with van der Waals surface area (Å²) in [5.74, 6) is 0.623. The van der Waals surface area contributed by atoms with E-state index >= 15 is 0 Å². The Labute approximate surface area is 214 Å². The van der Waals surface area contributed by atoms with Gasteiger partial charge in [0, 0.05) is 34.2 Å². The van der Waals surface area contributed by atoms with Crippen LogP contribution in [-0.2, 0) is 11.2 Å². The zero-order valence-electron chi connectivity index (χ0n) is 22.1. The molecule has 0 radical (unpaired) electrons. The number of carbonyl (C=O) groups excluding carboxylic acids is 1. The average Bonchev–Trinajstić information content (AvgIpc) is 3.27.